The molecule has 0 saturated carbocycles. The van der Waals surface area contributed by atoms with E-state index in [0.717, 1.165) is 0 Å². The zero-order valence-corrected chi connectivity index (χ0v) is 7.59. The Morgan fingerprint density at radius 1 is 0.923 bits per heavy atom. The Morgan fingerprint density at radius 2 is 1.54 bits per heavy atom. The quantitative estimate of drug-likeness (QED) is 0.414. The van der Waals surface area contributed by atoms with E-state index < -0.39 is 0 Å². The molecule has 0 aromatic heterocycles. The molecule has 13 heavy (non-hydrogen) atoms. The molecule has 0 aliphatic heterocycles. The smallest absolute Gasteiger partial charge is 0.000697 e. The van der Waals surface area contributed by atoms with Crippen LogP contribution in [0.25, 0.3) is 0 Å². The lowest BCUT2D eigenvalue weighted by Gasteiger charge is -1.61. The summed E-state index contributed by atoms with van der Waals surface area (Å²) in [6.45, 7) is 5.41. The third-order valence-corrected chi connectivity index (χ3v) is 0.897. The number of allylic oxidation sites excluding steroid dienone is 5. The molecule has 0 heteroatoms. The molecule has 0 N–H and O–H groups in total. The maximum atomic E-state index is 3.51. The van der Waals surface area contributed by atoms with Gasteiger partial charge in [-0.2, -0.15) is 0 Å². The van der Waals surface area contributed by atoms with Crippen molar-refractivity contribution >= 4 is 0 Å². The molecule has 0 bridgehead atoms. The van der Waals surface area contributed by atoms with Crippen molar-refractivity contribution in [3.8, 4) is 35.5 Å². The monoisotopic (exact) mass is 166 g/mol. The van der Waals surface area contributed by atoms with Crippen LogP contribution >= 0.6 is 0 Å². The molecule has 0 nitrogen and oxygen atoms in total. The second kappa shape index (κ2) is 9.90. The van der Waals surface area contributed by atoms with Crippen molar-refractivity contribution in [1.82, 2.24) is 0 Å². The van der Waals surface area contributed by atoms with E-state index in [9.17, 15) is 0 Å². The fourth-order valence-corrected chi connectivity index (χ4v) is 0.417. The molecule has 0 fully saturated rings. The van der Waals surface area contributed by atoms with Gasteiger partial charge < -0.3 is 0 Å². The minimum absolute atomic E-state index is 1.66. The van der Waals surface area contributed by atoms with E-state index in [2.05, 4.69) is 42.1 Å². The molecular formula is C13H10. The van der Waals surface area contributed by atoms with Crippen molar-refractivity contribution in [2.45, 2.75) is 6.92 Å². The highest BCUT2D eigenvalue weighted by molar-refractivity contribution is 5.39. The lowest BCUT2D eigenvalue weighted by molar-refractivity contribution is 1.76. The minimum Gasteiger partial charge on any atom is -0.0990 e. The zero-order chi connectivity index (χ0) is 9.78. The van der Waals surface area contributed by atoms with E-state index in [1.165, 1.54) is 0 Å². The van der Waals surface area contributed by atoms with E-state index >= 15 is 0 Å². The van der Waals surface area contributed by atoms with Crippen molar-refractivity contribution in [3.63, 3.8) is 0 Å². The molecule has 0 radical (unpaired) electrons. The average Bonchev–Trinajstić information content (AvgIpc) is 2.16. The molecule has 62 valence electrons. The van der Waals surface area contributed by atoms with Gasteiger partial charge in [0.1, 0.15) is 0 Å². The molecule has 0 unspecified atom stereocenters. The van der Waals surface area contributed by atoms with Crippen LogP contribution in [0.1, 0.15) is 6.92 Å². The summed E-state index contributed by atoms with van der Waals surface area (Å²) < 4.78 is 0. The molecule has 0 spiro atoms. The Kier molecular flexibility index (Phi) is 8.30. The Labute approximate surface area is 80.0 Å². The van der Waals surface area contributed by atoms with Crippen LogP contribution in [0.5, 0.6) is 0 Å². The van der Waals surface area contributed by atoms with Crippen LogP contribution in [-0.2, 0) is 0 Å². The summed E-state index contributed by atoms with van der Waals surface area (Å²) in [5.74, 6) is 15.9. The van der Waals surface area contributed by atoms with Crippen LogP contribution in [0, 0.1) is 35.5 Å². The Bertz CT molecular complexity index is 373. The summed E-state index contributed by atoms with van der Waals surface area (Å²) in [5, 5.41) is 0. The molecule has 0 amide bonds. The first-order valence-corrected chi connectivity index (χ1v) is 3.81. The summed E-state index contributed by atoms with van der Waals surface area (Å²) in [4.78, 5) is 0. The van der Waals surface area contributed by atoms with Gasteiger partial charge >= 0.3 is 0 Å². The predicted octanol–water partition coefficient (Wildman–Crippen LogP) is 2.31. The standard InChI is InChI=1S/C13H10/c1-3-5-7-9-11-13-12-10-8-6-4-2/h3-7H,1H2,2H3/b6-4+,7-5-. The topological polar surface area (TPSA) is 0 Å². The normalized spacial score (nSPS) is 7.77. The fraction of sp³-hybridized carbons (Fsp3) is 0.0769. The lowest BCUT2D eigenvalue weighted by Crippen LogP contribution is -1.53. The summed E-state index contributed by atoms with van der Waals surface area (Å²) in [5.41, 5.74) is 0. The van der Waals surface area contributed by atoms with Crippen molar-refractivity contribution in [1.29, 1.82) is 0 Å². The van der Waals surface area contributed by atoms with E-state index in [1.54, 1.807) is 24.3 Å². The Balaban J connectivity index is 3.99. The first-order valence-electron chi connectivity index (χ1n) is 3.81. The molecule has 0 atom stereocenters. The number of hydrogen-bond acceptors (Lipinski definition) is 0. The molecule has 0 heterocycles. The first kappa shape index (κ1) is 10.9. The van der Waals surface area contributed by atoms with Gasteiger partial charge in [0.25, 0.3) is 0 Å². The largest absolute Gasteiger partial charge is 0.0990 e. The van der Waals surface area contributed by atoms with Crippen molar-refractivity contribution in [2.75, 3.05) is 0 Å². The van der Waals surface area contributed by atoms with Gasteiger partial charge in [-0.05, 0) is 42.8 Å². The summed E-state index contributed by atoms with van der Waals surface area (Å²) in [7, 11) is 0. The highest BCUT2D eigenvalue weighted by atomic mass is 13.6. The fourth-order valence-electron chi connectivity index (χ4n) is 0.417. The number of rotatable bonds is 1. The highest BCUT2D eigenvalue weighted by Crippen LogP contribution is 1.68. The van der Waals surface area contributed by atoms with Gasteiger partial charge in [0.15, 0.2) is 0 Å². The van der Waals surface area contributed by atoms with E-state index in [4.69, 9.17) is 0 Å². The lowest BCUT2D eigenvalue weighted by atomic mass is 10.4. The maximum Gasteiger partial charge on any atom is -0.000697 e. The van der Waals surface area contributed by atoms with Gasteiger partial charge in [-0.15, -0.1) is 0 Å². The SMILES string of the molecule is C=C/C=C\C#CC#CC#C/C=C/C. The summed E-state index contributed by atoms with van der Waals surface area (Å²) >= 11 is 0. The van der Waals surface area contributed by atoms with E-state index in [1.807, 2.05) is 13.0 Å². The second-order valence-corrected chi connectivity index (χ2v) is 1.88. The van der Waals surface area contributed by atoms with Crippen LogP contribution in [0.15, 0.2) is 37.0 Å². The number of hydrogen-bond donors (Lipinski definition) is 0. The highest BCUT2D eigenvalue weighted by Gasteiger charge is 1.56. The molecule has 0 aromatic rings. The van der Waals surface area contributed by atoms with Gasteiger partial charge in [0.05, 0.1) is 0 Å². The zero-order valence-electron chi connectivity index (χ0n) is 7.59. The van der Waals surface area contributed by atoms with Crippen LogP contribution in [0.2, 0.25) is 0 Å². The summed E-state index contributed by atoms with van der Waals surface area (Å²) in [6.07, 6.45) is 8.68. The molecule has 0 aliphatic carbocycles. The summed E-state index contributed by atoms with van der Waals surface area (Å²) in [6, 6.07) is 0. The van der Waals surface area contributed by atoms with Gasteiger partial charge in [0.2, 0.25) is 0 Å². The minimum atomic E-state index is 1.66. The van der Waals surface area contributed by atoms with Gasteiger partial charge in [-0.3, -0.25) is 0 Å². The molecule has 0 saturated heterocycles. The van der Waals surface area contributed by atoms with Gasteiger partial charge in [0, 0.05) is 0 Å². The van der Waals surface area contributed by atoms with Crippen LogP contribution in [0.4, 0.5) is 0 Å². The second-order valence-electron chi connectivity index (χ2n) is 1.88. The van der Waals surface area contributed by atoms with Gasteiger partial charge in [-0.1, -0.05) is 36.6 Å². The van der Waals surface area contributed by atoms with Crippen molar-refractivity contribution < 1.29 is 0 Å². The Morgan fingerprint density at radius 3 is 2.08 bits per heavy atom. The third-order valence-electron chi connectivity index (χ3n) is 0.897. The van der Waals surface area contributed by atoms with Crippen molar-refractivity contribution in [2.24, 2.45) is 0 Å². The molecular weight excluding hydrogens is 156 g/mol. The van der Waals surface area contributed by atoms with Crippen molar-refractivity contribution in [3.05, 3.63) is 37.0 Å². The van der Waals surface area contributed by atoms with E-state index in [0.29, 0.717) is 0 Å². The predicted molar refractivity (Wildman–Crippen MR) is 57.5 cm³/mol. The molecule has 0 aliphatic rings. The third kappa shape index (κ3) is 9.90. The average molecular weight is 166 g/mol. The molecule has 0 aromatic carbocycles. The Hall–Kier alpha value is -2.10. The van der Waals surface area contributed by atoms with E-state index in [-0.39, 0.29) is 0 Å². The van der Waals surface area contributed by atoms with Crippen LogP contribution in [0.3, 0.4) is 0 Å². The molecule has 0 rings (SSSR count). The van der Waals surface area contributed by atoms with Crippen LogP contribution in [-0.4, -0.2) is 0 Å². The first-order chi connectivity index (χ1) is 6.41. The van der Waals surface area contributed by atoms with Crippen LogP contribution < -0.4 is 0 Å². The van der Waals surface area contributed by atoms with Gasteiger partial charge in [-0.25, -0.2) is 0 Å². The maximum absolute atomic E-state index is 3.51.